The summed E-state index contributed by atoms with van der Waals surface area (Å²) in [6.07, 6.45) is 0.238. The highest BCUT2D eigenvalue weighted by molar-refractivity contribution is 6.48. The van der Waals surface area contributed by atoms with Gasteiger partial charge in [-0.3, -0.25) is 28.4 Å². The molecule has 2 unspecified atom stereocenters. The highest BCUT2D eigenvalue weighted by atomic mass is 19.1. The summed E-state index contributed by atoms with van der Waals surface area (Å²) in [6.45, 7) is 3.32. The van der Waals surface area contributed by atoms with Crippen LogP contribution < -0.4 is 21.7 Å². The standard InChI is InChI=1S/C30H23F2N7O7/c1-2-16-21(24(41)23(16)40)36-18-9-13(3-8-17(18)31)11-34-28(43)19-10-20(39-12-35-22(26(33)42)27(39)37-19)29(44)38-25(32)14-4-6-15(7-5-14)30(45)46/h2-10,12,16,21,25,36H,1,11H2,(H2,33,42)(H,34,43)(H,38,44)(H,45,46)/t16?,21?,25-/m0/s1. The van der Waals surface area contributed by atoms with Crippen molar-refractivity contribution in [1.82, 2.24) is 25.0 Å². The lowest BCUT2D eigenvalue weighted by atomic mass is 9.76. The number of aromatic carboxylic acids is 1. The van der Waals surface area contributed by atoms with E-state index in [0.29, 0.717) is 5.56 Å². The van der Waals surface area contributed by atoms with Crippen molar-refractivity contribution in [2.24, 2.45) is 11.7 Å². The second-order valence-electron chi connectivity index (χ2n) is 10.0. The van der Waals surface area contributed by atoms with Gasteiger partial charge in [-0.15, -0.1) is 6.58 Å². The fourth-order valence-corrected chi connectivity index (χ4v) is 4.67. The maximum Gasteiger partial charge on any atom is 0.335 e. The number of hydrogen-bond donors (Lipinski definition) is 5. The quantitative estimate of drug-likeness (QED) is 0.0918. The van der Waals surface area contributed by atoms with Gasteiger partial charge in [-0.05, 0) is 35.9 Å². The molecule has 0 aliphatic heterocycles. The van der Waals surface area contributed by atoms with Gasteiger partial charge in [0.15, 0.2) is 17.6 Å². The van der Waals surface area contributed by atoms with Gasteiger partial charge < -0.3 is 26.8 Å². The average Bonchev–Trinajstić information content (AvgIpc) is 3.48. The Bertz CT molecular complexity index is 1960. The number of carboxylic acids is 1. The molecule has 5 rings (SSSR count). The van der Waals surface area contributed by atoms with E-state index in [2.05, 4.69) is 32.5 Å². The number of fused-ring (bicyclic) bond motifs is 1. The fraction of sp³-hybridized carbons (Fsp3) is 0.133. The van der Waals surface area contributed by atoms with Crippen molar-refractivity contribution < 1.29 is 42.7 Å². The summed E-state index contributed by atoms with van der Waals surface area (Å²) in [5.41, 5.74) is 4.14. The van der Waals surface area contributed by atoms with E-state index >= 15 is 4.39 Å². The summed E-state index contributed by atoms with van der Waals surface area (Å²) in [7, 11) is 0. The molecule has 2 aromatic heterocycles. The number of nitrogens with zero attached hydrogens (tertiary/aromatic N) is 3. The molecule has 14 nitrogen and oxygen atoms in total. The zero-order valence-electron chi connectivity index (χ0n) is 23.5. The Kier molecular flexibility index (Phi) is 8.35. The Labute approximate surface area is 257 Å². The minimum Gasteiger partial charge on any atom is -0.478 e. The average molecular weight is 632 g/mol. The Balaban J connectivity index is 1.36. The molecule has 3 atom stereocenters. The van der Waals surface area contributed by atoms with E-state index in [4.69, 9.17) is 10.8 Å². The van der Waals surface area contributed by atoms with Gasteiger partial charge in [-0.1, -0.05) is 24.3 Å². The topological polar surface area (TPSA) is 215 Å². The minimum absolute atomic E-state index is 0.0634. The van der Waals surface area contributed by atoms with Gasteiger partial charge in [0, 0.05) is 12.1 Å². The Morgan fingerprint density at radius 1 is 1.07 bits per heavy atom. The predicted octanol–water partition coefficient (Wildman–Crippen LogP) is 1.73. The van der Waals surface area contributed by atoms with Crippen molar-refractivity contribution in [2.45, 2.75) is 18.9 Å². The highest BCUT2D eigenvalue weighted by Crippen LogP contribution is 2.27. The first kappa shape index (κ1) is 31.1. The smallest absolute Gasteiger partial charge is 0.335 e. The van der Waals surface area contributed by atoms with Crippen LogP contribution in [-0.2, 0) is 16.1 Å². The number of carbonyl (C=O) groups excluding carboxylic acids is 5. The van der Waals surface area contributed by atoms with Crippen LogP contribution in [0.25, 0.3) is 5.65 Å². The van der Waals surface area contributed by atoms with E-state index in [1.807, 2.05) is 0 Å². The zero-order chi connectivity index (χ0) is 33.3. The second-order valence-corrected chi connectivity index (χ2v) is 10.0. The highest BCUT2D eigenvalue weighted by Gasteiger charge is 2.47. The van der Waals surface area contributed by atoms with Crippen LogP contribution in [-0.4, -0.2) is 60.8 Å². The molecule has 6 N–H and O–H groups in total. The third kappa shape index (κ3) is 5.90. The minimum atomic E-state index is -2.09. The maximum atomic E-state index is 15.0. The van der Waals surface area contributed by atoms with E-state index in [-0.39, 0.29) is 46.1 Å². The predicted molar refractivity (Wildman–Crippen MR) is 155 cm³/mol. The summed E-state index contributed by atoms with van der Waals surface area (Å²) in [4.78, 5) is 80.9. The second kappa shape index (κ2) is 12.4. The van der Waals surface area contributed by atoms with Gasteiger partial charge in [0.2, 0.25) is 11.6 Å². The van der Waals surface area contributed by atoms with Crippen molar-refractivity contribution in [3.05, 3.63) is 107 Å². The lowest BCUT2D eigenvalue weighted by Crippen LogP contribution is -2.56. The van der Waals surface area contributed by atoms with Crippen molar-refractivity contribution in [3.63, 3.8) is 0 Å². The summed E-state index contributed by atoms with van der Waals surface area (Å²) in [6, 6.07) is 8.50. The van der Waals surface area contributed by atoms with Gasteiger partial charge in [0.25, 0.3) is 17.7 Å². The number of halogens is 2. The van der Waals surface area contributed by atoms with Crippen LogP contribution in [0.5, 0.6) is 0 Å². The normalized spacial score (nSPS) is 16.3. The molecule has 0 saturated heterocycles. The van der Waals surface area contributed by atoms with Crippen LogP contribution in [0.1, 0.15) is 59.2 Å². The lowest BCUT2D eigenvalue weighted by molar-refractivity contribution is -0.146. The fourth-order valence-electron chi connectivity index (χ4n) is 4.67. The zero-order valence-corrected chi connectivity index (χ0v) is 23.5. The number of imidazole rings is 1. The Morgan fingerprint density at radius 2 is 1.78 bits per heavy atom. The summed E-state index contributed by atoms with van der Waals surface area (Å²) in [5.74, 6) is -6.99. The van der Waals surface area contributed by atoms with E-state index in [1.54, 1.807) is 0 Å². The number of nitrogens with two attached hydrogens (primary N) is 1. The van der Waals surface area contributed by atoms with Crippen molar-refractivity contribution in [3.8, 4) is 0 Å². The SMILES string of the molecule is C=CC1C(=O)C(=O)C1Nc1cc(CNC(=O)c2cc(C(=O)N[C@H](F)c3ccc(C(=O)O)cc3)n3cnc(C(N)=O)c3n2)ccc1F. The number of carbonyl (C=O) groups is 6. The first-order chi connectivity index (χ1) is 21.9. The van der Waals surface area contributed by atoms with Crippen molar-refractivity contribution >= 4 is 46.6 Å². The van der Waals surface area contributed by atoms with E-state index in [1.165, 1.54) is 30.3 Å². The van der Waals surface area contributed by atoms with Gasteiger partial charge in [0.1, 0.15) is 29.6 Å². The molecule has 1 aliphatic rings. The van der Waals surface area contributed by atoms with Crippen molar-refractivity contribution in [2.75, 3.05) is 5.32 Å². The lowest BCUT2D eigenvalue weighted by Gasteiger charge is -2.32. The van der Waals surface area contributed by atoms with E-state index in [0.717, 1.165) is 35.0 Å². The number of Topliss-reactive ketones (excluding diaryl/α,β-unsaturated/α-hetero) is 2. The van der Waals surface area contributed by atoms with Gasteiger partial charge in [-0.25, -0.2) is 23.5 Å². The molecule has 1 aliphatic carbocycles. The molecule has 4 aromatic rings. The molecule has 1 fully saturated rings. The molecular weight excluding hydrogens is 608 g/mol. The summed E-state index contributed by atoms with van der Waals surface area (Å²) >= 11 is 0. The number of ketones is 2. The summed E-state index contributed by atoms with van der Waals surface area (Å²) < 4.78 is 30.5. The third-order valence-electron chi connectivity index (χ3n) is 7.14. The Morgan fingerprint density at radius 3 is 2.43 bits per heavy atom. The molecule has 2 heterocycles. The molecule has 0 radical (unpaired) electrons. The van der Waals surface area contributed by atoms with Crippen LogP contribution in [0.2, 0.25) is 0 Å². The number of primary amides is 1. The molecule has 16 heteroatoms. The van der Waals surface area contributed by atoms with Crippen LogP contribution in [0, 0.1) is 11.7 Å². The number of carboxylic acid groups (broad SMARTS) is 1. The van der Waals surface area contributed by atoms with Gasteiger partial charge in [-0.2, -0.15) is 0 Å². The number of benzene rings is 2. The first-order valence-electron chi connectivity index (χ1n) is 13.4. The number of anilines is 1. The van der Waals surface area contributed by atoms with Crippen LogP contribution in [0.4, 0.5) is 14.5 Å². The van der Waals surface area contributed by atoms with Gasteiger partial charge in [0.05, 0.1) is 17.2 Å². The number of hydrogen-bond acceptors (Lipinski definition) is 9. The Hall–Kier alpha value is -6.32. The molecule has 2 aromatic carbocycles. The van der Waals surface area contributed by atoms with E-state index in [9.17, 15) is 33.2 Å². The number of rotatable bonds is 11. The van der Waals surface area contributed by atoms with Gasteiger partial charge >= 0.3 is 5.97 Å². The molecule has 3 amide bonds. The monoisotopic (exact) mass is 631 g/mol. The molecule has 0 spiro atoms. The molecule has 1 saturated carbocycles. The number of alkyl halides is 1. The van der Waals surface area contributed by atoms with Crippen LogP contribution >= 0.6 is 0 Å². The third-order valence-corrected chi connectivity index (χ3v) is 7.14. The number of amides is 3. The van der Waals surface area contributed by atoms with Crippen LogP contribution in [0.15, 0.2) is 67.5 Å². The van der Waals surface area contributed by atoms with E-state index < -0.39 is 59.3 Å². The molecule has 234 valence electrons. The maximum absolute atomic E-state index is 15.0. The largest absolute Gasteiger partial charge is 0.478 e. The molecule has 0 bridgehead atoms. The number of aromatic nitrogens is 3. The molecule has 46 heavy (non-hydrogen) atoms. The van der Waals surface area contributed by atoms with Crippen LogP contribution in [0.3, 0.4) is 0 Å². The molecular formula is C30H23F2N7O7. The number of nitrogens with one attached hydrogen (secondary N) is 3. The van der Waals surface area contributed by atoms with Crippen molar-refractivity contribution in [1.29, 1.82) is 0 Å². The first-order valence-corrected chi connectivity index (χ1v) is 13.4. The summed E-state index contributed by atoms with van der Waals surface area (Å²) in [5, 5.41) is 16.4.